The molecule has 0 aliphatic heterocycles. The van der Waals surface area contributed by atoms with Crippen molar-refractivity contribution in [1.82, 2.24) is 5.43 Å². The highest BCUT2D eigenvalue weighted by atomic mass is 15.2. The molecule has 0 heterocycles. The summed E-state index contributed by atoms with van der Waals surface area (Å²) >= 11 is 0. The number of nitrogens with two attached hydrogens (primary N) is 1. The van der Waals surface area contributed by atoms with Gasteiger partial charge in [0.15, 0.2) is 0 Å². The molecule has 82 valence electrons. The van der Waals surface area contributed by atoms with Gasteiger partial charge in [0.1, 0.15) is 0 Å². The first-order chi connectivity index (χ1) is 7.20. The highest BCUT2D eigenvalue weighted by Gasteiger charge is 2.30. The normalized spacial score (nSPS) is 17.8. The SMILES string of the molecule is Cc1ccc(CC(NN)C2CC2)cc1C. The quantitative estimate of drug-likeness (QED) is 0.582. The number of hydrogen-bond donors (Lipinski definition) is 2. The molecule has 1 saturated carbocycles. The number of nitrogens with one attached hydrogen (secondary N) is 1. The molecule has 2 rings (SSSR count). The highest BCUT2D eigenvalue weighted by Crippen LogP contribution is 2.33. The lowest BCUT2D eigenvalue weighted by atomic mass is 9.99. The van der Waals surface area contributed by atoms with Crippen molar-refractivity contribution in [3.8, 4) is 0 Å². The lowest BCUT2D eigenvalue weighted by molar-refractivity contribution is 0.472. The van der Waals surface area contributed by atoms with Crippen LogP contribution in [0.25, 0.3) is 0 Å². The van der Waals surface area contributed by atoms with Gasteiger partial charge in [0.05, 0.1) is 0 Å². The Morgan fingerprint density at radius 1 is 1.33 bits per heavy atom. The zero-order chi connectivity index (χ0) is 10.8. The number of aryl methyl sites for hydroxylation is 2. The molecule has 1 fully saturated rings. The Labute approximate surface area is 91.8 Å². The van der Waals surface area contributed by atoms with Gasteiger partial charge in [-0.15, -0.1) is 0 Å². The standard InChI is InChI=1S/C13H20N2/c1-9-3-4-11(7-10(9)2)8-13(15-14)12-5-6-12/h3-4,7,12-13,15H,5-6,8,14H2,1-2H3. The van der Waals surface area contributed by atoms with Gasteiger partial charge in [0.25, 0.3) is 0 Å². The topological polar surface area (TPSA) is 38.0 Å². The molecule has 15 heavy (non-hydrogen) atoms. The molecule has 0 amide bonds. The van der Waals surface area contributed by atoms with Crippen LogP contribution in [0, 0.1) is 19.8 Å². The molecule has 1 aliphatic rings. The molecule has 1 aliphatic carbocycles. The fourth-order valence-corrected chi connectivity index (χ4v) is 2.04. The van der Waals surface area contributed by atoms with Gasteiger partial charge in [-0.05, 0) is 55.7 Å². The molecule has 2 heteroatoms. The summed E-state index contributed by atoms with van der Waals surface area (Å²) in [4.78, 5) is 0. The second-order valence-corrected chi connectivity index (χ2v) is 4.73. The molecular formula is C13H20N2. The molecule has 1 aromatic carbocycles. The third-order valence-corrected chi connectivity index (χ3v) is 3.43. The first-order valence-electron chi connectivity index (χ1n) is 5.73. The number of hydrazine groups is 1. The van der Waals surface area contributed by atoms with Crippen LogP contribution in [-0.2, 0) is 6.42 Å². The largest absolute Gasteiger partial charge is 0.271 e. The van der Waals surface area contributed by atoms with E-state index in [1.807, 2.05) is 0 Å². The number of rotatable bonds is 4. The Balaban J connectivity index is 2.05. The molecular weight excluding hydrogens is 184 g/mol. The van der Waals surface area contributed by atoms with Gasteiger partial charge in [0.2, 0.25) is 0 Å². The van der Waals surface area contributed by atoms with Crippen LogP contribution >= 0.6 is 0 Å². The fraction of sp³-hybridized carbons (Fsp3) is 0.538. The zero-order valence-corrected chi connectivity index (χ0v) is 9.59. The second kappa shape index (κ2) is 4.33. The van der Waals surface area contributed by atoms with E-state index < -0.39 is 0 Å². The van der Waals surface area contributed by atoms with Gasteiger partial charge in [-0.3, -0.25) is 11.3 Å². The van der Waals surface area contributed by atoms with Crippen molar-refractivity contribution in [2.24, 2.45) is 11.8 Å². The molecule has 0 bridgehead atoms. The first-order valence-corrected chi connectivity index (χ1v) is 5.73. The molecule has 3 N–H and O–H groups in total. The van der Waals surface area contributed by atoms with Crippen LogP contribution in [0.3, 0.4) is 0 Å². The van der Waals surface area contributed by atoms with Crippen molar-refractivity contribution in [1.29, 1.82) is 0 Å². The lowest BCUT2D eigenvalue weighted by Crippen LogP contribution is -2.38. The summed E-state index contributed by atoms with van der Waals surface area (Å²) in [5.41, 5.74) is 7.08. The van der Waals surface area contributed by atoms with E-state index in [0.29, 0.717) is 6.04 Å². The van der Waals surface area contributed by atoms with Crippen molar-refractivity contribution in [3.63, 3.8) is 0 Å². The molecule has 0 spiro atoms. The van der Waals surface area contributed by atoms with Gasteiger partial charge in [-0.25, -0.2) is 0 Å². The van der Waals surface area contributed by atoms with Gasteiger partial charge in [-0.1, -0.05) is 18.2 Å². The monoisotopic (exact) mass is 204 g/mol. The van der Waals surface area contributed by atoms with Crippen molar-refractivity contribution in [3.05, 3.63) is 34.9 Å². The summed E-state index contributed by atoms with van der Waals surface area (Å²) in [5, 5.41) is 0. The van der Waals surface area contributed by atoms with Crippen molar-refractivity contribution < 1.29 is 0 Å². The highest BCUT2D eigenvalue weighted by molar-refractivity contribution is 5.30. The molecule has 1 atom stereocenters. The summed E-state index contributed by atoms with van der Waals surface area (Å²) in [6.07, 6.45) is 3.72. The van der Waals surface area contributed by atoms with E-state index in [1.54, 1.807) is 0 Å². The van der Waals surface area contributed by atoms with Crippen molar-refractivity contribution in [2.45, 2.75) is 39.2 Å². The van der Waals surface area contributed by atoms with E-state index in [-0.39, 0.29) is 0 Å². The van der Waals surface area contributed by atoms with Crippen LogP contribution in [0.5, 0.6) is 0 Å². The summed E-state index contributed by atoms with van der Waals surface area (Å²) in [5.74, 6) is 6.38. The van der Waals surface area contributed by atoms with Crippen LogP contribution in [0.15, 0.2) is 18.2 Å². The average molecular weight is 204 g/mol. The third-order valence-electron chi connectivity index (χ3n) is 3.43. The maximum atomic E-state index is 5.58. The Kier molecular flexibility index (Phi) is 3.08. The molecule has 0 aromatic heterocycles. The molecule has 1 unspecified atom stereocenters. The van der Waals surface area contributed by atoms with Gasteiger partial charge in [0, 0.05) is 6.04 Å². The van der Waals surface area contributed by atoms with Crippen molar-refractivity contribution >= 4 is 0 Å². The maximum Gasteiger partial charge on any atom is 0.0279 e. The van der Waals surface area contributed by atoms with E-state index in [0.717, 1.165) is 12.3 Å². The van der Waals surface area contributed by atoms with Crippen LogP contribution < -0.4 is 11.3 Å². The van der Waals surface area contributed by atoms with Crippen LogP contribution in [0.1, 0.15) is 29.5 Å². The van der Waals surface area contributed by atoms with E-state index in [4.69, 9.17) is 5.84 Å². The molecule has 0 saturated heterocycles. The van der Waals surface area contributed by atoms with E-state index in [2.05, 4.69) is 37.5 Å². The Morgan fingerprint density at radius 3 is 2.60 bits per heavy atom. The Hall–Kier alpha value is -0.860. The Morgan fingerprint density at radius 2 is 2.07 bits per heavy atom. The summed E-state index contributed by atoms with van der Waals surface area (Å²) in [6, 6.07) is 7.16. The minimum Gasteiger partial charge on any atom is -0.271 e. The van der Waals surface area contributed by atoms with Crippen LogP contribution in [-0.4, -0.2) is 6.04 Å². The van der Waals surface area contributed by atoms with E-state index in [1.165, 1.54) is 29.5 Å². The molecule has 0 radical (unpaired) electrons. The number of benzene rings is 1. The average Bonchev–Trinajstić information content (AvgIpc) is 3.03. The van der Waals surface area contributed by atoms with Gasteiger partial charge < -0.3 is 0 Å². The predicted molar refractivity (Wildman–Crippen MR) is 63.5 cm³/mol. The van der Waals surface area contributed by atoms with E-state index >= 15 is 0 Å². The van der Waals surface area contributed by atoms with Crippen LogP contribution in [0.4, 0.5) is 0 Å². The number of hydrogen-bond acceptors (Lipinski definition) is 2. The van der Waals surface area contributed by atoms with Crippen LogP contribution in [0.2, 0.25) is 0 Å². The predicted octanol–water partition coefficient (Wildman–Crippen LogP) is 2.09. The minimum atomic E-state index is 0.465. The second-order valence-electron chi connectivity index (χ2n) is 4.73. The van der Waals surface area contributed by atoms with Gasteiger partial charge >= 0.3 is 0 Å². The minimum absolute atomic E-state index is 0.465. The summed E-state index contributed by atoms with van der Waals surface area (Å²) in [6.45, 7) is 4.32. The smallest absolute Gasteiger partial charge is 0.0279 e. The molecule has 2 nitrogen and oxygen atoms in total. The van der Waals surface area contributed by atoms with Crippen molar-refractivity contribution in [2.75, 3.05) is 0 Å². The molecule has 1 aromatic rings. The maximum absolute atomic E-state index is 5.58. The Bertz CT molecular complexity index is 342. The van der Waals surface area contributed by atoms with Gasteiger partial charge in [-0.2, -0.15) is 0 Å². The lowest BCUT2D eigenvalue weighted by Gasteiger charge is -2.15. The van der Waals surface area contributed by atoms with E-state index in [9.17, 15) is 0 Å². The summed E-state index contributed by atoms with van der Waals surface area (Å²) in [7, 11) is 0. The fourth-order valence-electron chi connectivity index (χ4n) is 2.04. The third kappa shape index (κ3) is 2.58. The zero-order valence-electron chi connectivity index (χ0n) is 9.59. The summed E-state index contributed by atoms with van der Waals surface area (Å²) < 4.78 is 0. The first kappa shape index (κ1) is 10.7.